The summed E-state index contributed by atoms with van der Waals surface area (Å²) in [5.41, 5.74) is -3.20. The van der Waals surface area contributed by atoms with Crippen molar-refractivity contribution in [2.75, 3.05) is 15.4 Å². The number of nitro benzene ring substituents is 1. The summed E-state index contributed by atoms with van der Waals surface area (Å²) in [6.45, 7) is 2.35. The molecule has 0 radical (unpaired) electrons. The minimum absolute atomic E-state index is 0.0154. The summed E-state index contributed by atoms with van der Waals surface area (Å²) < 4.78 is 82.4. The minimum Gasteiger partial charge on any atom is -0.479 e. The minimum atomic E-state index is -5.46. The van der Waals surface area contributed by atoms with Crippen molar-refractivity contribution >= 4 is 33.1 Å². The zero-order valence-corrected chi connectivity index (χ0v) is 31.7. The van der Waals surface area contributed by atoms with Crippen molar-refractivity contribution < 1.29 is 41.2 Å². The highest BCUT2D eigenvalue weighted by Crippen LogP contribution is 2.46. The van der Waals surface area contributed by atoms with Crippen LogP contribution in [0.4, 0.5) is 30.2 Å². The van der Waals surface area contributed by atoms with Gasteiger partial charge in [0, 0.05) is 36.4 Å². The Balaban J connectivity index is 1.34. The molecule has 0 spiro atoms. The summed E-state index contributed by atoms with van der Waals surface area (Å²) in [7, 11) is -4.51. The van der Waals surface area contributed by atoms with Crippen LogP contribution in [-0.2, 0) is 44.8 Å². The van der Waals surface area contributed by atoms with Crippen molar-refractivity contribution in [2.45, 2.75) is 62.8 Å². The van der Waals surface area contributed by atoms with Gasteiger partial charge in [0.15, 0.2) is 0 Å². The summed E-state index contributed by atoms with van der Waals surface area (Å²) in [5.74, 6) is -3.23. The van der Waals surface area contributed by atoms with E-state index in [1.165, 1.54) is 25.1 Å². The number of benzene rings is 5. The van der Waals surface area contributed by atoms with Gasteiger partial charge in [-0.15, -0.1) is 0 Å². The summed E-state index contributed by atoms with van der Waals surface area (Å²) in [6, 6.07) is 36.5. The Morgan fingerprint density at radius 3 is 1.86 bits per heavy atom. The van der Waals surface area contributed by atoms with Gasteiger partial charge >= 0.3 is 12.1 Å². The topological polar surface area (TPSA) is 151 Å². The Bertz CT molecular complexity index is 2230. The van der Waals surface area contributed by atoms with Gasteiger partial charge in [-0.3, -0.25) is 20.2 Å². The van der Waals surface area contributed by atoms with Gasteiger partial charge in [0.2, 0.25) is 15.6 Å². The molecule has 0 aliphatic heterocycles. The number of nitrogens with one attached hydrogen (secondary N) is 2. The van der Waals surface area contributed by atoms with E-state index in [4.69, 9.17) is 4.74 Å². The van der Waals surface area contributed by atoms with Crippen molar-refractivity contribution in [3.8, 4) is 0 Å². The van der Waals surface area contributed by atoms with Gasteiger partial charge < -0.3 is 14.7 Å². The number of sulfonamides is 1. The molecule has 1 saturated carbocycles. The van der Waals surface area contributed by atoms with E-state index in [0.29, 0.717) is 18.8 Å². The Kier molecular flexibility index (Phi) is 12.0. The molecule has 6 rings (SSSR count). The van der Waals surface area contributed by atoms with Crippen molar-refractivity contribution in [1.82, 2.24) is 5.32 Å². The van der Waals surface area contributed by atoms with E-state index in [2.05, 4.69) is 10.0 Å². The van der Waals surface area contributed by atoms with E-state index < -0.39 is 55.6 Å². The number of alkyl halides is 3. The number of carbonyl (C=O) groups is 1. The highest BCUT2D eigenvalue weighted by molar-refractivity contribution is 7.92. The first-order valence-electron chi connectivity index (χ1n) is 18.0. The zero-order valence-electron chi connectivity index (χ0n) is 30.9. The predicted octanol–water partition coefficient (Wildman–Crippen LogP) is 8.10. The predicted molar refractivity (Wildman–Crippen MR) is 210 cm³/mol. The Morgan fingerprint density at radius 1 is 0.860 bits per heavy atom. The van der Waals surface area contributed by atoms with Gasteiger partial charge in [0.1, 0.15) is 0 Å². The molecule has 0 aromatic heterocycles. The Labute approximate surface area is 328 Å². The average Bonchev–Trinajstić information content (AvgIpc) is 3.16. The maximum atomic E-state index is 15.5. The van der Waals surface area contributed by atoms with Crippen LogP contribution < -0.4 is 14.9 Å². The lowest BCUT2D eigenvalue weighted by atomic mass is 9.72. The van der Waals surface area contributed by atoms with Gasteiger partial charge in [-0.05, 0) is 65.8 Å². The monoisotopic (exact) mass is 802 g/mol. The molecule has 0 bridgehead atoms. The van der Waals surface area contributed by atoms with Crippen LogP contribution in [-0.4, -0.2) is 48.0 Å². The van der Waals surface area contributed by atoms with Crippen LogP contribution in [0.5, 0.6) is 0 Å². The molecule has 5 aromatic carbocycles. The second-order valence-electron chi connectivity index (χ2n) is 14.3. The van der Waals surface area contributed by atoms with Crippen LogP contribution in [0, 0.1) is 17.0 Å². The van der Waals surface area contributed by atoms with Crippen LogP contribution in [0.25, 0.3) is 0 Å². The number of nitrogens with zero attached hydrogens (tertiary/aromatic N) is 2. The first-order chi connectivity index (χ1) is 27.1. The van der Waals surface area contributed by atoms with Gasteiger partial charge in [-0.1, -0.05) is 103 Å². The fourth-order valence-corrected chi connectivity index (χ4v) is 8.86. The standard InChI is InChI=1S/C42H41F3N4O7S/c1-30-23-36(49(52)53)21-22-38(30)46-57(54,55)29-40(24-37(25-40)56-28-33-15-9-4-10-16-33)47-41(39(50)51,42(43,44)45)34-17-19-35(20-18-34)48(26-31-11-5-2-6-12-31)27-32-13-7-3-8-14-32/h2-23,37,46-47H,24-29H2,1H3,(H,50,51). The molecule has 1 fully saturated rings. The number of hydrogen-bond acceptors (Lipinski definition) is 8. The quantitative estimate of drug-likeness (QED) is 0.0626. The third kappa shape index (κ3) is 9.62. The normalized spacial score (nSPS) is 17.9. The van der Waals surface area contributed by atoms with Gasteiger partial charge in [0.05, 0.1) is 29.1 Å². The van der Waals surface area contributed by atoms with Crippen LogP contribution in [0.15, 0.2) is 133 Å². The van der Waals surface area contributed by atoms with Crippen LogP contribution >= 0.6 is 0 Å². The van der Waals surface area contributed by atoms with Crippen molar-refractivity contribution in [3.63, 3.8) is 0 Å². The SMILES string of the molecule is Cc1cc([N+](=O)[O-])ccc1NS(=O)(=O)CC1(NC(C(=O)O)(c2ccc(N(Cc3ccccc3)Cc3ccccc3)cc2)C(F)(F)F)CC(OCc2ccccc2)C1. The summed E-state index contributed by atoms with van der Waals surface area (Å²) >= 11 is 0. The van der Waals surface area contributed by atoms with E-state index >= 15 is 13.2 Å². The van der Waals surface area contributed by atoms with Crippen LogP contribution in [0.3, 0.4) is 0 Å². The lowest BCUT2D eigenvalue weighted by molar-refractivity contribution is -0.384. The molecule has 0 saturated heterocycles. The van der Waals surface area contributed by atoms with Crippen LogP contribution in [0.1, 0.15) is 40.7 Å². The maximum absolute atomic E-state index is 15.5. The third-order valence-corrected chi connectivity index (χ3v) is 11.5. The second kappa shape index (κ2) is 16.8. The molecule has 1 unspecified atom stereocenters. The highest BCUT2D eigenvalue weighted by Gasteiger charge is 2.66. The van der Waals surface area contributed by atoms with E-state index in [9.17, 15) is 28.4 Å². The fourth-order valence-electron chi connectivity index (χ4n) is 7.19. The molecule has 0 heterocycles. The van der Waals surface area contributed by atoms with E-state index in [1.54, 1.807) is 24.3 Å². The molecule has 57 heavy (non-hydrogen) atoms. The number of carboxylic acid groups (broad SMARTS) is 1. The largest absolute Gasteiger partial charge is 0.479 e. The lowest BCUT2D eigenvalue weighted by Gasteiger charge is -2.52. The van der Waals surface area contributed by atoms with E-state index in [1.807, 2.05) is 71.6 Å². The number of aliphatic carboxylic acids is 1. The molecular weight excluding hydrogens is 762 g/mol. The summed E-state index contributed by atoms with van der Waals surface area (Å²) in [5, 5.41) is 24.2. The molecule has 0 amide bonds. The molecular formula is C42H41F3N4O7S. The number of halogens is 3. The molecule has 15 heteroatoms. The molecule has 1 aliphatic rings. The van der Waals surface area contributed by atoms with Gasteiger partial charge in [-0.2, -0.15) is 13.2 Å². The number of anilines is 2. The smallest absolute Gasteiger partial charge is 0.421 e. The van der Waals surface area contributed by atoms with Crippen LogP contribution in [0.2, 0.25) is 0 Å². The molecule has 3 N–H and O–H groups in total. The second-order valence-corrected chi connectivity index (χ2v) is 16.0. The van der Waals surface area contributed by atoms with E-state index in [0.717, 1.165) is 41.0 Å². The number of nitro groups is 1. The summed E-state index contributed by atoms with van der Waals surface area (Å²) in [6.07, 6.45) is -6.71. The molecule has 298 valence electrons. The number of hydrogen-bond donors (Lipinski definition) is 3. The van der Waals surface area contributed by atoms with E-state index in [-0.39, 0.29) is 36.4 Å². The Hall–Kier alpha value is -5.77. The molecule has 1 aliphatic carbocycles. The highest BCUT2D eigenvalue weighted by atomic mass is 32.2. The van der Waals surface area contributed by atoms with Crippen molar-refractivity contribution in [1.29, 1.82) is 0 Å². The first kappa shape index (κ1) is 40.9. The number of non-ortho nitro benzene ring substituents is 1. The van der Waals surface area contributed by atoms with Crippen molar-refractivity contribution in [3.05, 3.63) is 171 Å². The summed E-state index contributed by atoms with van der Waals surface area (Å²) in [4.78, 5) is 25.7. The first-order valence-corrected chi connectivity index (χ1v) is 19.7. The molecule has 5 aromatic rings. The van der Waals surface area contributed by atoms with Gasteiger partial charge in [-0.25, -0.2) is 13.2 Å². The van der Waals surface area contributed by atoms with Gasteiger partial charge in [0.25, 0.3) is 5.69 Å². The number of rotatable bonds is 17. The number of ether oxygens (including phenoxy) is 1. The average molecular weight is 803 g/mol. The zero-order chi connectivity index (χ0) is 40.8. The maximum Gasteiger partial charge on any atom is 0.421 e. The number of carboxylic acids is 1. The van der Waals surface area contributed by atoms with Crippen molar-refractivity contribution in [2.24, 2.45) is 0 Å². The number of aryl methyl sites for hydroxylation is 1. The lowest BCUT2D eigenvalue weighted by Crippen LogP contribution is -2.73. The molecule has 1 atom stereocenters. The third-order valence-electron chi connectivity index (χ3n) is 10.0. The Morgan fingerprint density at radius 2 is 1.39 bits per heavy atom. The fraction of sp³-hybridized carbons (Fsp3) is 0.262. The molecule has 11 nitrogen and oxygen atoms in total.